The molecule has 0 unspecified atom stereocenters. The Morgan fingerprint density at radius 3 is 2.80 bits per heavy atom. The Kier molecular flexibility index (Phi) is 3.97. The van der Waals surface area contributed by atoms with E-state index in [0.717, 1.165) is 0 Å². The van der Waals surface area contributed by atoms with E-state index in [1.807, 2.05) is 13.8 Å². The first-order valence-corrected chi connectivity index (χ1v) is 5.10. The van der Waals surface area contributed by atoms with Crippen molar-refractivity contribution in [3.8, 4) is 0 Å². The molecule has 0 fully saturated rings. The number of ether oxygens (including phenoxy) is 1. The van der Waals surface area contributed by atoms with Gasteiger partial charge < -0.3 is 10.5 Å². The summed E-state index contributed by atoms with van der Waals surface area (Å²) in [6.07, 6.45) is 0. The minimum absolute atomic E-state index is 0.300. The van der Waals surface area contributed by atoms with Gasteiger partial charge in [0, 0.05) is 5.69 Å². The normalized spacial score (nSPS) is 10.4. The number of hydrogen-bond acceptors (Lipinski definition) is 3. The third kappa shape index (κ3) is 3.44. The monoisotopic (exact) mass is 227 g/mol. The molecule has 0 aliphatic carbocycles. The summed E-state index contributed by atoms with van der Waals surface area (Å²) in [5.41, 5.74) is 6.37. The lowest BCUT2D eigenvalue weighted by Gasteiger charge is -2.08. The van der Waals surface area contributed by atoms with Crippen molar-refractivity contribution in [2.24, 2.45) is 5.92 Å². The number of nitrogen functional groups attached to an aromatic ring is 1. The molecule has 0 aromatic heterocycles. The number of benzene rings is 1. The summed E-state index contributed by atoms with van der Waals surface area (Å²) in [5, 5.41) is 0.359. The number of anilines is 1. The van der Waals surface area contributed by atoms with Crippen LogP contribution in [0.15, 0.2) is 18.2 Å². The molecule has 82 valence electrons. The topological polar surface area (TPSA) is 52.3 Å². The van der Waals surface area contributed by atoms with Crippen LogP contribution in [-0.2, 0) is 4.74 Å². The molecule has 3 nitrogen and oxygen atoms in total. The molecule has 1 rings (SSSR count). The van der Waals surface area contributed by atoms with Gasteiger partial charge in [-0.15, -0.1) is 0 Å². The summed E-state index contributed by atoms with van der Waals surface area (Å²) in [5.74, 6) is -0.130. The molecule has 1 aromatic carbocycles. The van der Waals surface area contributed by atoms with Crippen LogP contribution in [0.1, 0.15) is 24.2 Å². The van der Waals surface area contributed by atoms with Crippen molar-refractivity contribution in [3.05, 3.63) is 28.8 Å². The first kappa shape index (κ1) is 11.9. The molecular formula is C11H14ClNO2. The number of carbonyl (C=O) groups excluding carboxylic acids is 1. The van der Waals surface area contributed by atoms with Crippen LogP contribution >= 0.6 is 11.6 Å². The predicted molar refractivity (Wildman–Crippen MR) is 61.0 cm³/mol. The zero-order chi connectivity index (χ0) is 11.4. The first-order chi connectivity index (χ1) is 7.00. The number of rotatable bonds is 3. The summed E-state index contributed by atoms with van der Waals surface area (Å²) in [7, 11) is 0. The highest BCUT2D eigenvalue weighted by Gasteiger charge is 2.12. The highest BCUT2D eigenvalue weighted by atomic mass is 35.5. The van der Waals surface area contributed by atoms with E-state index in [1.54, 1.807) is 12.1 Å². The van der Waals surface area contributed by atoms with Crippen LogP contribution in [0.5, 0.6) is 0 Å². The first-order valence-electron chi connectivity index (χ1n) is 4.73. The number of halogens is 1. The second-order valence-electron chi connectivity index (χ2n) is 3.73. The SMILES string of the molecule is CC(C)COC(=O)c1cc(N)ccc1Cl. The molecule has 2 N–H and O–H groups in total. The van der Waals surface area contributed by atoms with E-state index in [4.69, 9.17) is 22.1 Å². The van der Waals surface area contributed by atoms with Crippen LogP contribution in [0, 0.1) is 5.92 Å². The van der Waals surface area contributed by atoms with Gasteiger partial charge in [0.15, 0.2) is 0 Å². The number of nitrogens with two attached hydrogens (primary N) is 1. The zero-order valence-electron chi connectivity index (χ0n) is 8.79. The van der Waals surface area contributed by atoms with Crippen molar-refractivity contribution in [1.82, 2.24) is 0 Å². The number of carbonyl (C=O) groups is 1. The van der Waals surface area contributed by atoms with Gasteiger partial charge in [0.25, 0.3) is 0 Å². The summed E-state index contributed by atoms with van der Waals surface area (Å²) in [6.45, 7) is 4.31. The van der Waals surface area contributed by atoms with E-state index in [0.29, 0.717) is 28.8 Å². The van der Waals surface area contributed by atoms with E-state index in [2.05, 4.69) is 0 Å². The Balaban J connectivity index is 2.77. The summed E-state index contributed by atoms with van der Waals surface area (Å²) >= 11 is 5.85. The van der Waals surface area contributed by atoms with Gasteiger partial charge in [-0.1, -0.05) is 25.4 Å². The Morgan fingerprint density at radius 1 is 1.53 bits per heavy atom. The molecule has 0 saturated heterocycles. The summed E-state index contributed by atoms with van der Waals surface area (Å²) in [4.78, 5) is 11.6. The summed E-state index contributed by atoms with van der Waals surface area (Å²) in [6, 6.07) is 4.75. The number of esters is 1. The van der Waals surface area contributed by atoms with Crippen molar-refractivity contribution >= 4 is 23.3 Å². The van der Waals surface area contributed by atoms with Crippen LogP contribution in [0.25, 0.3) is 0 Å². The van der Waals surface area contributed by atoms with Crippen LogP contribution in [0.2, 0.25) is 5.02 Å². The standard InChI is InChI=1S/C11H14ClNO2/c1-7(2)6-15-11(14)9-5-8(13)3-4-10(9)12/h3-5,7H,6,13H2,1-2H3. The van der Waals surface area contributed by atoms with Gasteiger partial charge in [-0.25, -0.2) is 4.79 Å². The summed E-state index contributed by atoms with van der Waals surface area (Å²) < 4.78 is 5.05. The highest BCUT2D eigenvalue weighted by Crippen LogP contribution is 2.19. The fourth-order valence-electron chi connectivity index (χ4n) is 1.02. The van der Waals surface area contributed by atoms with Crippen LogP contribution < -0.4 is 5.73 Å². The molecule has 0 bridgehead atoms. The largest absolute Gasteiger partial charge is 0.462 e. The van der Waals surface area contributed by atoms with Crippen LogP contribution in [0.4, 0.5) is 5.69 Å². The minimum Gasteiger partial charge on any atom is -0.462 e. The van der Waals surface area contributed by atoms with Gasteiger partial charge in [0.2, 0.25) is 0 Å². The minimum atomic E-state index is -0.430. The Morgan fingerprint density at radius 2 is 2.20 bits per heavy atom. The molecule has 0 saturated carbocycles. The van der Waals surface area contributed by atoms with Gasteiger partial charge in [-0.2, -0.15) is 0 Å². The maximum Gasteiger partial charge on any atom is 0.339 e. The lowest BCUT2D eigenvalue weighted by atomic mass is 10.2. The van der Waals surface area contributed by atoms with E-state index >= 15 is 0 Å². The second-order valence-corrected chi connectivity index (χ2v) is 4.14. The molecule has 0 radical (unpaired) electrons. The third-order valence-corrected chi connectivity index (χ3v) is 2.09. The molecule has 0 aliphatic rings. The number of hydrogen-bond donors (Lipinski definition) is 1. The molecule has 0 amide bonds. The Bertz CT molecular complexity index is 364. The van der Waals surface area contributed by atoms with Gasteiger partial charge in [-0.3, -0.25) is 0 Å². The smallest absolute Gasteiger partial charge is 0.339 e. The molecule has 4 heteroatoms. The Hall–Kier alpha value is -1.22. The van der Waals surface area contributed by atoms with Crippen LogP contribution in [0.3, 0.4) is 0 Å². The van der Waals surface area contributed by atoms with Crippen molar-refractivity contribution in [2.75, 3.05) is 12.3 Å². The van der Waals surface area contributed by atoms with E-state index in [1.165, 1.54) is 6.07 Å². The molecule has 0 heterocycles. The van der Waals surface area contributed by atoms with Gasteiger partial charge in [0.1, 0.15) is 0 Å². The molecule has 0 aliphatic heterocycles. The Labute approximate surface area is 94.2 Å². The molecular weight excluding hydrogens is 214 g/mol. The van der Waals surface area contributed by atoms with Crippen molar-refractivity contribution in [3.63, 3.8) is 0 Å². The predicted octanol–water partition coefficient (Wildman–Crippen LogP) is 2.74. The van der Waals surface area contributed by atoms with E-state index < -0.39 is 5.97 Å². The van der Waals surface area contributed by atoms with Crippen molar-refractivity contribution in [2.45, 2.75) is 13.8 Å². The maximum absolute atomic E-state index is 11.6. The molecule has 0 atom stereocenters. The van der Waals surface area contributed by atoms with Crippen molar-refractivity contribution in [1.29, 1.82) is 0 Å². The fraction of sp³-hybridized carbons (Fsp3) is 0.364. The third-order valence-electron chi connectivity index (χ3n) is 1.76. The van der Waals surface area contributed by atoms with Gasteiger partial charge >= 0.3 is 5.97 Å². The molecule has 0 spiro atoms. The van der Waals surface area contributed by atoms with Gasteiger partial charge in [-0.05, 0) is 24.1 Å². The molecule has 15 heavy (non-hydrogen) atoms. The van der Waals surface area contributed by atoms with Crippen LogP contribution in [-0.4, -0.2) is 12.6 Å². The fourth-order valence-corrected chi connectivity index (χ4v) is 1.21. The molecule has 1 aromatic rings. The average molecular weight is 228 g/mol. The lowest BCUT2D eigenvalue weighted by Crippen LogP contribution is -2.11. The van der Waals surface area contributed by atoms with Gasteiger partial charge in [0.05, 0.1) is 17.2 Å². The maximum atomic E-state index is 11.6. The van der Waals surface area contributed by atoms with E-state index in [-0.39, 0.29) is 0 Å². The lowest BCUT2D eigenvalue weighted by molar-refractivity contribution is 0.0459. The average Bonchev–Trinajstić information content (AvgIpc) is 2.18. The quantitative estimate of drug-likeness (QED) is 0.638. The zero-order valence-corrected chi connectivity index (χ0v) is 9.54. The second kappa shape index (κ2) is 5.03. The highest BCUT2D eigenvalue weighted by molar-refractivity contribution is 6.33. The van der Waals surface area contributed by atoms with E-state index in [9.17, 15) is 4.79 Å². The van der Waals surface area contributed by atoms with Crippen molar-refractivity contribution < 1.29 is 9.53 Å².